The Morgan fingerprint density at radius 1 is 0.440 bits per heavy atom. The molecule has 0 fully saturated rings. The van der Waals surface area contributed by atoms with E-state index in [1.807, 2.05) is 11.3 Å². The number of hydrogen-bond donors (Lipinski definition) is 0. The molecule has 0 saturated heterocycles. The summed E-state index contributed by atoms with van der Waals surface area (Å²) in [6.45, 7) is 9.69. The summed E-state index contributed by atoms with van der Waals surface area (Å²) < 4.78 is 2.61. The van der Waals surface area contributed by atoms with Crippen LogP contribution in [0.2, 0.25) is 0 Å². The summed E-state index contributed by atoms with van der Waals surface area (Å²) in [6.07, 6.45) is 0. The van der Waals surface area contributed by atoms with Crippen molar-refractivity contribution in [3.8, 4) is 33.4 Å². The van der Waals surface area contributed by atoms with Crippen molar-refractivity contribution in [1.82, 2.24) is 0 Å². The quantitative estimate of drug-likeness (QED) is 0.177. The highest BCUT2D eigenvalue weighted by atomic mass is 32.1. The fourth-order valence-electron chi connectivity index (χ4n) is 8.22. The van der Waals surface area contributed by atoms with Gasteiger partial charge in [-0.05, 0) is 98.5 Å². The van der Waals surface area contributed by atoms with Gasteiger partial charge in [0.1, 0.15) is 0 Å². The van der Waals surface area contributed by atoms with Gasteiger partial charge in [0.25, 0.3) is 0 Å². The molecule has 0 saturated carbocycles. The van der Waals surface area contributed by atoms with Crippen LogP contribution in [0.4, 0.5) is 17.1 Å². The van der Waals surface area contributed by atoms with Gasteiger partial charge in [0.05, 0.1) is 5.69 Å². The third-order valence-electron chi connectivity index (χ3n) is 11.4. The molecule has 0 atom stereocenters. The van der Waals surface area contributed by atoms with Crippen LogP contribution in [0.1, 0.15) is 38.8 Å². The molecule has 50 heavy (non-hydrogen) atoms. The molecule has 242 valence electrons. The summed E-state index contributed by atoms with van der Waals surface area (Å²) in [5.74, 6) is 0. The molecule has 2 heteroatoms. The lowest BCUT2D eigenvalue weighted by atomic mass is 9.54. The molecule has 1 aromatic heterocycles. The first-order chi connectivity index (χ1) is 24.3. The molecule has 0 unspecified atom stereocenters. The van der Waals surface area contributed by atoms with E-state index < -0.39 is 0 Å². The summed E-state index contributed by atoms with van der Waals surface area (Å²) in [5, 5.41) is 2.60. The number of rotatable bonds is 5. The van der Waals surface area contributed by atoms with Crippen molar-refractivity contribution in [3.05, 3.63) is 175 Å². The third-order valence-corrected chi connectivity index (χ3v) is 12.5. The number of nitrogens with zero attached hydrogens (tertiary/aromatic N) is 1. The molecule has 0 spiro atoms. The summed E-state index contributed by atoms with van der Waals surface area (Å²) in [5.41, 5.74) is 13.9. The maximum atomic E-state index is 2.44. The molecule has 0 bridgehead atoms. The van der Waals surface area contributed by atoms with Crippen molar-refractivity contribution in [2.24, 2.45) is 0 Å². The van der Waals surface area contributed by atoms with Gasteiger partial charge in [-0.15, -0.1) is 11.3 Å². The second-order valence-electron chi connectivity index (χ2n) is 14.6. The number of thiophene rings is 1. The minimum Gasteiger partial charge on any atom is -0.310 e. The Hall–Kier alpha value is -5.44. The zero-order valence-corrected chi connectivity index (χ0v) is 29.8. The maximum absolute atomic E-state index is 2.44. The molecule has 0 aliphatic heterocycles. The summed E-state index contributed by atoms with van der Waals surface area (Å²) >= 11 is 1.86. The largest absolute Gasteiger partial charge is 0.310 e. The summed E-state index contributed by atoms with van der Waals surface area (Å²) in [4.78, 5) is 2.43. The van der Waals surface area contributed by atoms with Crippen molar-refractivity contribution in [2.75, 3.05) is 4.90 Å². The van der Waals surface area contributed by atoms with Crippen molar-refractivity contribution >= 4 is 48.6 Å². The Morgan fingerprint density at radius 2 is 1.06 bits per heavy atom. The fraction of sp³-hybridized carbons (Fsp3) is 0.125. The van der Waals surface area contributed by atoms with Crippen molar-refractivity contribution in [2.45, 2.75) is 38.5 Å². The van der Waals surface area contributed by atoms with E-state index in [9.17, 15) is 0 Å². The van der Waals surface area contributed by atoms with Gasteiger partial charge in [-0.1, -0.05) is 143 Å². The Balaban J connectivity index is 1.22. The highest BCUT2D eigenvalue weighted by Crippen LogP contribution is 2.57. The lowest BCUT2D eigenvalue weighted by molar-refractivity contribution is 0.300. The number of fused-ring (bicyclic) bond motifs is 6. The van der Waals surface area contributed by atoms with Crippen LogP contribution in [0.15, 0.2) is 164 Å². The lowest BCUT2D eigenvalue weighted by Crippen LogP contribution is -2.44. The van der Waals surface area contributed by atoms with Gasteiger partial charge in [-0.3, -0.25) is 0 Å². The molecule has 8 aromatic rings. The standard InChI is InChI=1S/C48H39NS/c1-47(2)41-29-28-34(31-40(41)38-24-14-23-37(46(38)48(47,3)4)32-16-7-5-8-17-32)33-18-13-21-36(30-33)49(35-19-9-6-10-20-35)42-25-15-27-44-45(42)39-22-11-12-26-43(39)50-44/h5-31H,1-4H3. The Labute approximate surface area is 299 Å². The average Bonchev–Trinajstić information content (AvgIpc) is 3.54. The lowest BCUT2D eigenvalue weighted by Gasteiger charge is -2.49. The van der Waals surface area contributed by atoms with Crippen LogP contribution >= 0.6 is 11.3 Å². The van der Waals surface area contributed by atoms with Gasteiger partial charge >= 0.3 is 0 Å². The second-order valence-corrected chi connectivity index (χ2v) is 15.7. The average molecular weight is 662 g/mol. The zero-order valence-electron chi connectivity index (χ0n) is 28.9. The van der Waals surface area contributed by atoms with Gasteiger partial charge in [0.15, 0.2) is 0 Å². The summed E-state index contributed by atoms with van der Waals surface area (Å²) in [6, 6.07) is 60.3. The van der Waals surface area contributed by atoms with Crippen LogP contribution in [-0.4, -0.2) is 0 Å². The molecule has 0 radical (unpaired) electrons. The number of anilines is 3. The van der Waals surface area contributed by atoms with Crippen molar-refractivity contribution in [3.63, 3.8) is 0 Å². The second kappa shape index (κ2) is 11.6. The Bertz CT molecular complexity index is 2540. The SMILES string of the molecule is CC1(C)c2ccc(-c3cccc(N(c4ccccc4)c4cccc5sc6ccccc6c45)c3)cc2-c2cccc(-c3ccccc3)c2C1(C)C. The van der Waals surface area contributed by atoms with Crippen molar-refractivity contribution < 1.29 is 0 Å². The minimum absolute atomic E-state index is 0.0767. The van der Waals surface area contributed by atoms with E-state index in [0.29, 0.717) is 0 Å². The first-order valence-electron chi connectivity index (χ1n) is 17.5. The normalized spacial score (nSPS) is 14.3. The first-order valence-corrected chi connectivity index (χ1v) is 18.3. The van der Waals surface area contributed by atoms with Gasteiger partial charge in [-0.2, -0.15) is 0 Å². The smallest absolute Gasteiger partial charge is 0.0554 e. The van der Waals surface area contributed by atoms with E-state index in [4.69, 9.17) is 0 Å². The van der Waals surface area contributed by atoms with Crippen LogP contribution < -0.4 is 4.90 Å². The van der Waals surface area contributed by atoms with Crippen LogP contribution in [0.3, 0.4) is 0 Å². The topological polar surface area (TPSA) is 3.24 Å². The number of benzene rings is 7. The highest BCUT2D eigenvalue weighted by Gasteiger charge is 2.47. The van der Waals surface area contributed by atoms with Crippen LogP contribution in [0.25, 0.3) is 53.6 Å². The predicted molar refractivity (Wildman–Crippen MR) is 216 cm³/mol. The molecular formula is C48H39NS. The molecule has 1 nitrogen and oxygen atoms in total. The maximum Gasteiger partial charge on any atom is 0.0554 e. The zero-order chi connectivity index (χ0) is 34.0. The molecule has 0 N–H and O–H groups in total. The van der Waals surface area contributed by atoms with E-state index in [2.05, 4.69) is 196 Å². The number of para-hydroxylation sites is 1. The van der Waals surface area contributed by atoms with Crippen LogP contribution in [-0.2, 0) is 10.8 Å². The van der Waals surface area contributed by atoms with Gasteiger partial charge in [-0.25, -0.2) is 0 Å². The van der Waals surface area contributed by atoms with E-state index in [1.54, 1.807) is 0 Å². The van der Waals surface area contributed by atoms with Gasteiger partial charge in [0.2, 0.25) is 0 Å². The molecule has 1 aliphatic carbocycles. The molecular weight excluding hydrogens is 623 g/mol. The number of hydrogen-bond acceptors (Lipinski definition) is 2. The van der Waals surface area contributed by atoms with Gasteiger partial charge < -0.3 is 4.90 Å². The Morgan fingerprint density at radius 3 is 1.88 bits per heavy atom. The molecule has 1 aliphatic rings. The van der Waals surface area contributed by atoms with Crippen LogP contribution in [0, 0.1) is 0 Å². The third kappa shape index (κ3) is 4.66. The van der Waals surface area contributed by atoms with E-state index in [1.165, 1.54) is 70.4 Å². The molecule has 7 aromatic carbocycles. The molecule has 9 rings (SSSR count). The van der Waals surface area contributed by atoms with E-state index >= 15 is 0 Å². The first kappa shape index (κ1) is 30.6. The summed E-state index contributed by atoms with van der Waals surface area (Å²) in [7, 11) is 0. The molecule has 1 heterocycles. The Kier molecular flexibility index (Phi) is 7.09. The fourth-order valence-corrected chi connectivity index (χ4v) is 9.35. The van der Waals surface area contributed by atoms with Crippen LogP contribution in [0.5, 0.6) is 0 Å². The van der Waals surface area contributed by atoms with E-state index in [0.717, 1.165) is 11.4 Å². The minimum atomic E-state index is -0.0771. The van der Waals surface area contributed by atoms with E-state index in [-0.39, 0.29) is 10.8 Å². The van der Waals surface area contributed by atoms with Crippen molar-refractivity contribution in [1.29, 1.82) is 0 Å². The predicted octanol–water partition coefficient (Wildman–Crippen LogP) is 14.1. The van der Waals surface area contributed by atoms with Gasteiger partial charge in [0, 0.05) is 37.0 Å². The highest BCUT2D eigenvalue weighted by molar-refractivity contribution is 7.26. The molecule has 0 amide bonds. The monoisotopic (exact) mass is 661 g/mol.